The summed E-state index contributed by atoms with van der Waals surface area (Å²) in [7, 11) is 0. The van der Waals surface area contributed by atoms with E-state index >= 15 is 0 Å². The van der Waals surface area contributed by atoms with Crippen LogP contribution < -0.4 is 0 Å². The second-order valence-electron chi connectivity index (χ2n) is 8.69. The first kappa shape index (κ1) is 17.8. The molecular formula is C22H26N2O3. The fraction of sp³-hybridized carbons (Fsp3) is 0.455. The van der Waals surface area contributed by atoms with Crippen LogP contribution in [0.2, 0.25) is 0 Å². The molecule has 1 aliphatic heterocycles. The third-order valence-electron chi connectivity index (χ3n) is 5.62. The molecule has 0 atom stereocenters. The maximum Gasteiger partial charge on any atom is 0.410 e. The standard InChI is InChI=1S/C22H26N2O3/c1-21(2,3)27-20(26)24-12-8-22(9-13-24)15-16-6-7-17(14-18(16)19(22)25)23-10-4-5-11-23/h4-7,10-11,14H,8-9,12-13,15H2,1-3H3. The first-order valence-electron chi connectivity index (χ1n) is 9.56. The lowest BCUT2D eigenvalue weighted by Gasteiger charge is -2.38. The highest BCUT2D eigenvalue weighted by molar-refractivity contribution is 6.05. The Balaban J connectivity index is 1.50. The molecular weight excluding hydrogens is 340 g/mol. The Morgan fingerprint density at radius 2 is 1.78 bits per heavy atom. The van der Waals surface area contributed by atoms with Crippen LogP contribution in [0.1, 0.15) is 49.5 Å². The minimum Gasteiger partial charge on any atom is -0.444 e. The van der Waals surface area contributed by atoms with Gasteiger partial charge in [0.25, 0.3) is 0 Å². The first-order chi connectivity index (χ1) is 12.8. The highest BCUT2D eigenvalue weighted by Gasteiger charge is 2.48. The minimum absolute atomic E-state index is 0.232. The van der Waals surface area contributed by atoms with E-state index in [9.17, 15) is 9.59 Å². The molecule has 5 nitrogen and oxygen atoms in total. The van der Waals surface area contributed by atoms with Crippen LogP contribution in [0, 0.1) is 5.41 Å². The van der Waals surface area contributed by atoms with Crippen LogP contribution in [-0.4, -0.2) is 40.0 Å². The van der Waals surface area contributed by atoms with E-state index in [-0.39, 0.29) is 17.3 Å². The molecule has 2 aromatic rings. The maximum absolute atomic E-state index is 13.3. The van der Waals surface area contributed by atoms with E-state index in [1.54, 1.807) is 4.90 Å². The van der Waals surface area contributed by atoms with Crippen molar-refractivity contribution in [2.24, 2.45) is 5.41 Å². The molecule has 0 N–H and O–H groups in total. The van der Waals surface area contributed by atoms with Crippen LogP contribution in [0.4, 0.5) is 4.79 Å². The van der Waals surface area contributed by atoms with E-state index in [4.69, 9.17) is 4.74 Å². The number of ether oxygens (including phenoxy) is 1. The lowest BCUT2D eigenvalue weighted by molar-refractivity contribution is 0.0114. The molecule has 1 saturated heterocycles. The Kier molecular flexibility index (Phi) is 4.13. The Labute approximate surface area is 159 Å². The van der Waals surface area contributed by atoms with E-state index in [0.717, 1.165) is 23.2 Å². The summed E-state index contributed by atoms with van der Waals surface area (Å²) < 4.78 is 7.49. The summed E-state index contributed by atoms with van der Waals surface area (Å²) in [6.45, 7) is 6.75. The Morgan fingerprint density at radius 1 is 1.11 bits per heavy atom. The van der Waals surface area contributed by atoms with Crippen molar-refractivity contribution in [1.29, 1.82) is 0 Å². The zero-order valence-electron chi connectivity index (χ0n) is 16.2. The van der Waals surface area contributed by atoms with E-state index in [2.05, 4.69) is 12.1 Å². The predicted octanol–water partition coefficient (Wildman–Crippen LogP) is 4.23. The van der Waals surface area contributed by atoms with Crippen LogP contribution in [0.25, 0.3) is 5.69 Å². The van der Waals surface area contributed by atoms with Crippen LogP contribution in [-0.2, 0) is 11.2 Å². The summed E-state index contributed by atoms with van der Waals surface area (Å²) in [6, 6.07) is 10.1. The maximum atomic E-state index is 13.3. The van der Waals surface area contributed by atoms with Gasteiger partial charge in [0.15, 0.2) is 5.78 Å². The lowest BCUT2D eigenvalue weighted by Crippen LogP contribution is -2.47. The smallest absolute Gasteiger partial charge is 0.410 e. The SMILES string of the molecule is CC(C)(C)OC(=O)N1CCC2(CC1)Cc1ccc(-n3cccc3)cc1C2=O. The molecule has 27 heavy (non-hydrogen) atoms. The number of carbonyl (C=O) groups excluding carboxylic acids is 2. The zero-order valence-corrected chi connectivity index (χ0v) is 16.2. The van der Waals surface area contributed by atoms with Crippen molar-refractivity contribution in [3.8, 4) is 5.69 Å². The summed E-state index contributed by atoms with van der Waals surface area (Å²) in [5.41, 5.74) is 2.11. The molecule has 0 radical (unpaired) electrons. The molecule has 2 aliphatic rings. The van der Waals surface area contributed by atoms with E-state index in [0.29, 0.717) is 25.9 Å². The van der Waals surface area contributed by atoms with E-state index < -0.39 is 5.60 Å². The van der Waals surface area contributed by atoms with Crippen molar-refractivity contribution in [3.63, 3.8) is 0 Å². The number of likely N-dealkylation sites (tertiary alicyclic amines) is 1. The first-order valence-corrected chi connectivity index (χ1v) is 9.56. The van der Waals surface area contributed by atoms with Gasteiger partial charge >= 0.3 is 6.09 Å². The summed E-state index contributed by atoms with van der Waals surface area (Å²) in [5.74, 6) is 0.232. The number of Topliss-reactive ketones (excluding diaryl/α,β-unsaturated/α-hetero) is 1. The Hall–Kier alpha value is -2.56. The normalized spacial score (nSPS) is 18.6. The van der Waals surface area contributed by atoms with E-state index in [1.807, 2.05) is 55.9 Å². The second-order valence-corrected chi connectivity index (χ2v) is 8.69. The number of nitrogens with zero attached hydrogens (tertiary/aromatic N) is 2. The molecule has 2 heterocycles. The topological polar surface area (TPSA) is 51.5 Å². The number of rotatable bonds is 1. The number of benzene rings is 1. The third kappa shape index (κ3) is 3.27. The number of aromatic nitrogens is 1. The average Bonchev–Trinajstić information content (AvgIpc) is 3.22. The molecule has 1 aromatic heterocycles. The van der Waals surface area contributed by atoms with Gasteiger partial charge in [0.1, 0.15) is 5.60 Å². The Morgan fingerprint density at radius 3 is 2.41 bits per heavy atom. The third-order valence-corrected chi connectivity index (χ3v) is 5.62. The molecule has 142 valence electrons. The number of carbonyl (C=O) groups is 2. The molecule has 4 rings (SSSR count). The van der Waals surface area contributed by atoms with E-state index in [1.165, 1.54) is 0 Å². The van der Waals surface area contributed by atoms with Gasteiger partial charge in [-0.15, -0.1) is 0 Å². The zero-order chi connectivity index (χ0) is 19.2. The highest BCUT2D eigenvalue weighted by Crippen LogP contribution is 2.45. The van der Waals surface area contributed by atoms with Crippen LogP contribution >= 0.6 is 0 Å². The molecule has 1 aliphatic carbocycles. The summed E-state index contributed by atoms with van der Waals surface area (Å²) in [4.78, 5) is 27.3. The number of fused-ring (bicyclic) bond motifs is 1. The Bertz CT molecular complexity index is 869. The van der Waals surface area contributed by atoms with Gasteiger partial charge in [0, 0.05) is 42.1 Å². The largest absolute Gasteiger partial charge is 0.444 e. The van der Waals surface area contributed by atoms with Gasteiger partial charge in [0.2, 0.25) is 0 Å². The summed E-state index contributed by atoms with van der Waals surface area (Å²) in [6.07, 6.45) is 5.84. The second kappa shape index (κ2) is 6.25. The van der Waals surface area contributed by atoms with Gasteiger partial charge < -0.3 is 14.2 Å². The fourth-order valence-corrected chi connectivity index (χ4v) is 4.18. The molecule has 0 saturated carbocycles. The van der Waals surface area contributed by atoms with Crippen LogP contribution in [0.15, 0.2) is 42.7 Å². The molecule has 0 bridgehead atoms. The molecule has 1 aromatic carbocycles. The lowest BCUT2D eigenvalue weighted by atomic mass is 9.75. The quantitative estimate of drug-likeness (QED) is 0.759. The minimum atomic E-state index is -0.500. The van der Waals surface area contributed by atoms with Crippen molar-refractivity contribution in [2.75, 3.05) is 13.1 Å². The molecule has 0 unspecified atom stereocenters. The molecule has 1 spiro atoms. The van der Waals surface area contributed by atoms with Crippen LogP contribution in [0.5, 0.6) is 0 Å². The van der Waals surface area contributed by atoms with Crippen molar-refractivity contribution in [2.45, 2.75) is 45.6 Å². The number of hydrogen-bond acceptors (Lipinski definition) is 3. The van der Waals surface area contributed by atoms with Gasteiger partial charge in [-0.3, -0.25) is 4.79 Å². The van der Waals surface area contributed by atoms with Crippen molar-refractivity contribution < 1.29 is 14.3 Å². The fourth-order valence-electron chi connectivity index (χ4n) is 4.18. The van der Waals surface area contributed by atoms with Gasteiger partial charge in [-0.1, -0.05) is 6.07 Å². The summed E-state index contributed by atoms with van der Waals surface area (Å²) in [5, 5.41) is 0. The monoisotopic (exact) mass is 366 g/mol. The molecule has 5 heteroatoms. The summed E-state index contributed by atoms with van der Waals surface area (Å²) >= 11 is 0. The molecule has 1 fully saturated rings. The number of hydrogen-bond donors (Lipinski definition) is 0. The van der Waals surface area contributed by atoms with Crippen molar-refractivity contribution in [3.05, 3.63) is 53.9 Å². The van der Waals surface area contributed by atoms with Gasteiger partial charge in [-0.05, 0) is 69.9 Å². The van der Waals surface area contributed by atoms with Crippen molar-refractivity contribution >= 4 is 11.9 Å². The average molecular weight is 366 g/mol. The number of piperidine rings is 1. The molecule has 1 amide bonds. The van der Waals surface area contributed by atoms with Gasteiger partial charge in [-0.25, -0.2) is 4.79 Å². The highest BCUT2D eigenvalue weighted by atomic mass is 16.6. The predicted molar refractivity (Wildman–Crippen MR) is 103 cm³/mol. The van der Waals surface area contributed by atoms with Crippen LogP contribution in [0.3, 0.4) is 0 Å². The number of ketones is 1. The van der Waals surface area contributed by atoms with Gasteiger partial charge in [-0.2, -0.15) is 0 Å². The van der Waals surface area contributed by atoms with Crippen molar-refractivity contribution in [1.82, 2.24) is 9.47 Å². The van der Waals surface area contributed by atoms with Gasteiger partial charge in [0.05, 0.1) is 0 Å². The number of amides is 1.